The zero-order chi connectivity index (χ0) is 16.9. The van der Waals surface area contributed by atoms with Crippen LogP contribution in [0, 0.1) is 0 Å². The molecule has 0 saturated heterocycles. The molecule has 0 heterocycles. The van der Waals surface area contributed by atoms with Gasteiger partial charge < -0.3 is 24.8 Å². The molecule has 1 rings (SSSR count). The molecule has 2 N–H and O–H groups in total. The Balaban J connectivity index is 2.49. The second kappa shape index (κ2) is 11.6. The number of aliphatic imine (C=N–C) groups is 1. The van der Waals surface area contributed by atoms with E-state index in [9.17, 15) is 0 Å². The van der Waals surface area contributed by atoms with E-state index in [0.717, 1.165) is 30.9 Å². The molecule has 0 unspecified atom stereocenters. The van der Waals surface area contributed by atoms with Crippen molar-refractivity contribution in [2.24, 2.45) is 4.99 Å². The van der Waals surface area contributed by atoms with Gasteiger partial charge in [-0.05, 0) is 25.5 Å². The van der Waals surface area contributed by atoms with Crippen LogP contribution in [0.1, 0.15) is 26.7 Å². The Kier molecular flexibility index (Phi) is 9.63. The summed E-state index contributed by atoms with van der Waals surface area (Å²) >= 11 is 0. The van der Waals surface area contributed by atoms with Crippen molar-refractivity contribution in [2.75, 3.05) is 45.8 Å². The standard InChI is InChI=1S/C17H29N3O3/c1-5-7-11-22-12-10-19-17(18-3)20-14-8-9-15(23-6-2)16(13-14)21-4/h8-9,13H,5-7,10-12H2,1-4H3,(H2,18,19,20). The average Bonchev–Trinajstić information content (AvgIpc) is 2.58. The van der Waals surface area contributed by atoms with Crippen LogP contribution < -0.4 is 20.1 Å². The van der Waals surface area contributed by atoms with Crippen LogP contribution in [0.5, 0.6) is 11.5 Å². The lowest BCUT2D eigenvalue weighted by molar-refractivity contribution is 0.136. The summed E-state index contributed by atoms with van der Waals surface area (Å²) in [5.41, 5.74) is 0.880. The number of ether oxygens (including phenoxy) is 3. The van der Waals surface area contributed by atoms with Crippen LogP contribution in [0.2, 0.25) is 0 Å². The Labute approximate surface area is 139 Å². The minimum Gasteiger partial charge on any atom is -0.493 e. The maximum atomic E-state index is 5.52. The predicted octanol–water partition coefficient (Wildman–Crippen LogP) is 2.90. The molecule has 23 heavy (non-hydrogen) atoms. The quantitative estimate of drug-likeness (QED) is 0.394. The van der Waals surface area contributed by atoms with Gasteiger partial charge in [-0.1, -0.05) is 13.3 Å². The summed E-state index contributed by atoms with van der Waals surface area (Å²) < 4.78 is 16.4. The van der Waals surface area contributed by atoms with Gasteiger partial charge in [0.25, 0.3) is 0 Å². The molecule has 130 valence electrons. The third-order valence-electron chi connectivity index (χ3n) is 3.13. The fourth-order valence-corrected chi connectivity index (χ4v) is 1.93. The summed E-state index contributed by atoms with van der Waals surface area (Å²) in [7, 11) is 3.36. The molecule has 0 aliphatic heterocycles. The zero-order valence-corrected chi connectivity index (χ0v) is 14.6. The molecule has 0 bridgehead atoms. The Morgan fingerprint density at radius 1 is 1.17 bits per heavy atom. The maximum Gasteiger partial charge on any atom is 0.195 e. The van der Waals surface area contributed by atoms with Crippen LogP contribution in [-0.2, 0) is 4.74 Å². The third-order valence-corrected chi connectivity index (χ3v) is 3.13. The van der Waals surface area contributed by atoms with E-state index >= 15 is 0 Å². The zero-order valence-electron chi connectivity index (χ0n) is 14.6. The van der Waals surface area contributed by atoms with Crippen molar-refractivity contribution in [3.05, 3.63) is 18.2 Å². The van der Waals surface area contributed by atoms with Gasteiger partial charge in [0.2, 0.25) is 0 Å². The number of guanidine groups is 1. The lowest BCUT2D eigenvalue weighted by atomic mass is 10.2. The molecule has 1 aromatic carbocycles. The number of unbranched alkanes of at least 4 members (excludes halogenated alkanes) is 1. The molecule has 6 heteroatoms. The first-order chi connectivity index (χ1) is 11.2. The Morgan fingerprint density at radius 3 is 2.65 bits per heavy atom. The molecule has 6 nitrogen and oxygen atoms in total. The second-order valence-corrected chi connectivity index (χ2v) is 4.89. The SMILES string of the molecule is CCCCOCCNC(=NC)Nc1ccc(OCC)c(OC)c1. The predicted molar refractivity (Wildman–Crippen MR) is 94.9 cm³/mol. The van der Waals surface area contributed by atoms with Gasteiger partial charge in [-0.15, -0.1) is 0 Å². The fraction of sp³-hybridized carbons (Fsp3) is 0.588. The van der Waals surface area contributed by atoms with Crippen LogP contribution in [0.4, 0.5) is 5.69 Å². The normalized spacial score (nSPS) is 11.2. The molecule has 0 radical (unpaired) electrons. The summed E-state index contributed by atoms with van der Waals surface area (Å²) in [6.45, 7) is 6.87. The highest BCUT2D eigenvalue weighted by atomic mass is 16.5. The fourth-order valence-electron chi connectivity index (χ4n) is 1.93. The van der Waals surface area contributed by atoms with Gasteiger partial charge in [-0.2, -0.15) is 0 Å². The highest BCUT2D eigenvalue weighted by Crippen LogP contribution is 2.30. The van der Waals surface area contributed by atoms with Gasteiger partial charge >= 0.3 is 0 Å². The monoisotopic (exact) mass is 323 g/mol. The number of methoxy groups -OCH3 is 1. The average molecular weight is 323 g/mol. The summed E-state index contributed by atoms with van der Waals surface area (Å²) in [6, 6.07) is 5.69. The largest absolute Gasteiger partial charge is 0.493 e. The molecular weight excluding hydrogens is 294 g/mol. The second-order valence-electron chi connectivity index (χ2n) is 4.89. The van der Waals surface area contributed by atoms with Gasteiger partial charge in [0.1, 0.15) is 0 Å². The van der Waals surface area contributed by atoms with Gasteiger partial charge in [0, 0.05) is 32.0 Å². The van der Waals surface area contributed by atoms with Crippen molar-refractivity contribution in [3.8, 4) is 11.5 Å². The van der Waals surface area contributed by atoms with Crippen LogP contribution in [-0.4, -0.2) is 46.5 Å². The van der Waals surface area contributed by atoms with E-state index in [0.29, 0.717) is 31.5 Å². The van der Waals surface area contributed by atoms with E-state index in [1.54, 1.807) is 14.2 Å². The van der Waals surface area contributed by atoms with Crippen molar-refractivity contribution in [2.45, 2.75) is 26.7 Å². The molecule has 0 amide bonds. The summed E-state index contributed by atoms with van der Waals surface area (Å²) in [4.78, 5) is 4.20. The Bertz CT molecular complexity index is 478. The third kappa shape index (κ3) is 7.23. The van der Waals surface area contributed by atoms with E-state index in [2.05, 4.69) is 22.5 Å². The number of nitrogens with zero attached hydrogens (tertiary/aromatic N) is 1. The molecule has 0 aliphatic rings. The van der Waals surface area contributed by atoms with E-state index in [1.807, 2.05) is 25.1 Å². The first kappa shape index (κ1) is 19.1. The molecule has 1 aromatic rings. The highest BCUT2D eigenvalue weighted by Gasteiger charge is 2.06. The van der Waals surface area contributed by atoms with E-state index < -0.39 is 0 Å². The first-order valence-electron chi connectivity index (χ1n) is 8.11. The lowest BCUT2D eigenvalue weighted by Crippen LogP contribution is -2.33. The van der Waals surface area contributed by atoms with Crippen LogP contribution in [0.25, 0.3) is 0 Å². The number of rotatable bonds is 10. The minimum absolute atomic E-state index is 0.602. The van der Waals surface area contributed by atoms with Crippen molar-refractivity contribution in [3.63, 3.8) is 0 Å². The lowest BCUT2D eigenvalue weighted by Gasteiger charge is -2.14. The molecule has 0 saturated carbocycles. The van der Waals surface area contributed by atoms with Gasteiger partial charge in [0.15, 0.2) is 17.5 Å². The van der Waals surface area contributed by atoms with Crippen LogP contribution >= 0.6 is 0 Å². The van der Waals surface area contributed by atoms with E-state index in [-0.39, 0.29) is 0 Å². The topological polar surface area (TPSA) is 64.1 Å². The number of hydrogen-bond donors (Lipinski definition) is 2. The Hall–Kier alpha value is -1.95. The smallest absolute Gasteiger partial charge is 0.195 e. The molecular formula is C17H29N3O3. The van der Waals surface area contributed by atoms with Gasteiger partial charge in [-0.3, -0.25) is 4.99 Å². The van der Waals surface area contributed by atoms with Crippen molar-refractivity contribution in [1.29, 1.82) is 0 Å². The van der Waals surface area contributed by atoms with E-state index in [4.69, 9.17) is 14.2 Å². The number of nitrogens with one attached hydrogen (secondary N) is 2. The van der Waals surface area contributed by atoms with Crippen LogP contribution in [0.3, 0.4) is 0 Å². The summed E-state index contributed by atoms with van der Waals surface area (Å²) in [5.74, 6) is 2.11. The molecule has 0 fully saturated rings. The first-order valence-corrected chi connectivity index (χ1v) is 8.11. The molecule has 0 aliphatic carbocycles. The molecule has 0 atom stereocenters. The number of hydrogen-bond acceptors (Lipinski definition) is 4. The Morgan fingerprint density at radius 2 is 2.00 bits per heavy atom. The number of anilines is 1. The minimum atomic E-state index is 0.602. The van der Waals surface area contributed by atoms with Crippen molar-refractivity contribution >= 4 is 11.6 Å². The highest BCUT2D eigenvalue weighted by molar-refractivity contribution is 5.93. The van der Waals surface area contributed by atoms with Crippen molar-refractivity contribution in [1.82, 2.24) is 5.32 Å². The molecule has 0 spiro atoms. The van der Waals surface area contributed by atoms with Gasteiger partial charge in [0.05, 0.1) is 20.3 Å². The van der Waals surface area contributed by atoms with Crippen LogP contribution in [0.15, 0.2) is 23.2 Å². The van der Waals surface area contributed by atoms with Crippen molar-refractivity contribution < 1.29 is 14.2 Å². The summed E-state index contributed by atoms with van der Waals surface area (Å²) in [5, 5.41) is 6.44. The number of benzene rings is 1. The maximum absolute atomic E-state index is 5.52. The summed E-state index contributed by atoms with van der Waals surface area (Å²) in [6.07, 6.45) is 2.25. The van der Waals surface area contributed by atoms with E-state index in [1.165, 1.54) is 0 Å². The van der Waals surface area contributed by atoms with Gasteiger partial charge in [-0.25, -0.2) is 0 Å². The molecule has 0 aromatic heterocycles.